The first-order chi connectivity index (χ1) is 15.5. The lowest BCUT2D eigenvalue weighted by Gasteiger charge is -2.14. The van der Waals surface area contributed by atoms with Crippen molar-refractivity contribution in [1.29, 1.82) is 5.26 Å². The molecule has 3 heterocycles. The number of hydrogen-bond acceptors (Lipinski definition) is 6. The van der Waals surface area contributed by atoms with Crippen LogP contribution in [-0.2, 0) is 13.1 Å². The first-order valence-corrected chi connectivity index (χ1v) is 10.9. The molecule has 3 aromatic heterocycles. The molecular weight excluding hydrogens is 499 g/mol. The molecule has 0 saturated heterocycles. The lowest BCUT2D eigenvalue weighted by Crippen LogP contribution is -2.40. The average molecular weight is 511 g/mol. The molecule has 2 aromatic carbocycles. The highest BCUT2D eigenvalue weighted by Crippen LogP contribution is 2.22. The van der Waals surface area contributed by atoms with E-state index in [1.165, 1.54) is 10.6 Å². The third-order valence-corrected chi connectivity index (χ3v) is 6.33. The molecule has 8 nitrogen and oxygen atoms in total. The fourth-order valence-electron chi connectivity index (χ4n) is 3.68. The van der Waals surface area contributed by atoms with Crippen molar-refractivity contribution in [3.8, 4) is 6.07 Å². The van der Waals surface area contributed by atoms with Crippen molar-refractivity contribution < 1.29 is 4.39 Å². The van der Waals surface area contributed by atoms with Crippen LogP contribution in [0.2, 0.25) is 0 Å². The highest BCUT2D eigenvalue weighted by molar-refractivity contribution is 9.10. The van der Waals surface area contributed by atoms with Crippen LogP contribution >= 0.6 is 27.7 Å². The van der Waals surface area contributed by atoms with E-state index in [4.69, 9.17) is 0 Å². The number of hydrogen-bond donors (Lipinski definition) is 1. The van der Waals surface area contributed by atoms with E-state index in [1.807, 2.05) is 0 Å². The lowest BCUT2D eigenvalue weighted by atomic mass is 10.1. The van der Waals surface area contributed by atoms with E-state index in [2.05, 4.69) is 35.7 Å². The minimum Gasteiger partial charge on any atom is -0.354 e. The molecule has 0 spiro atoms. The van der Waals surface area contributed by atoms with Crippen molar-refractivity contribution in [2.75, 3.05) is 0 Å². The Morgan fingerprint density at radius 1 is 1.16 bits per heavy atom. The third-order valence-electron chi connectivity index (χ3n) is 5.18. The number of fused-ring (bicyclic) bond motifs is 2. The largest absolute Gasteiger partial charge is 0.354 e. The van der Waals surface area contributed by atoms with Crippen molar-refractivity contribution >= 4 is 49.7 Å². The van der Waals surface area contributed by atoms with Gasteiger partial charge in [0.15, 0.2) is 5.82 Å². The van der Waals surface area contributed by atoms with E-state index in [0.717, 1.165) is 16.3 Å². The number of nitrogens with zero attached hydrogens (tertiary/aromatic N) is 5. The molecule has 0 fully saturated rings. The molecular formula is C21H12BrFN6O2S. The summed E-state index contributed by atoms with van der Waals surface area (Å²) in [6.45, 7) is -0.0618. The summed E-state index contributed by atoms with van der Waals surface area (Å²) in [5, 5.41) is 9.43. The van der Waals surface area contributed by atoms with Crippen molar-refractivity contribution in [1.82, 2.24) is 22.9 Å². The van der Waals surface area contributed by atoms with E-state index in [0.29, 0.717) is 32.2 Å². The van der Waals surface area contributed by atoms with Crippen LogP contribution in [0.4, 0.5) is 4.39 Å². The molecule has 0 aliphatic carbocycles. The number of nitriles is 1. The van der Waals surface area contributed by atoms with Crippen molar-refractivity contribution in [2.45, 2.75) is 13.1 Å². The molecule has 0 aliphatic rings. The van der Waals surface area contributed by atoms with Gasteiger partial charge >= 0.3 is 5.69 Å². The monoisotopic (exact) mass is 510 g/mol. The molecule has 0 radical (unpaired) electrons. The van der Waals surface area contributed by atoms with Gasteiger partial charge in [-0.25, -0.2) is 9.18 Å². The maximum Gasteiger partial charge on any atom is 0.332 e. The summed E-state index contributed by atoms with van der Waals surface area (Å²) in [5.41, 5.74) is 1.52. The second-order valence-corrected chi connectivity index (χ2v) is 8.48. The second-order valence-electron chi connectivity index (χ2n) is 7.10. The zero-order valence-electron chi connectivity index (χ0n) is 16.2. The van der Waals surface area contributed by atoms with E-state index in [1.54, 1.807) is 36.5 Å². The minimum atomic E-state index is -0.576. The van der Waals surface area contributed by atoms with Crippen LogP contribution < -0.4 is 11.2 Å². The van der Waals surface area contributed by atoms with Gasteiger partial charge in [0, 0.05) is 6.20 Å². The Balaban J connectivity index is 1.71. The van der Waals surface area contributed by atoms with Gasteiger partial charge in [-0.2, -0.15) is 14.0 Å². The molecule has 5 rings (SSSR count). The Labute approximate surface area is 191 Å². The van der Waals surface area contributed by atoms with Gasteiger partial charge in [-0.15, -0.1) is 0 Å². The third kappa shape index (κ3) is 3.24. The summed E-state index contributed by atoms with van der Waals surface area (Å²) >= 11 is 4.28. The van der Waals surface area contributed by atoms with E-state index in [9.17, 15) is 19.2 Å². The Hall–Kier alpha value is -3.62. The Bertz CT molecular complexity index is 1680. The Morgan fingerprint density at radius 2 is 1.97 bits per heavy atom. The van der Waals surface area contributed by atoms with Gasteiger partial charge in [0.1, 0.15) is 16.6 Å². The highest BCUT2D eigenvalue weighted by Gasteiger charge is 2.19. The smallest absolute Gasteiger partial charge is 0.332 e. The number of H-pyrrole nitrogens is 1. The first kappa shape index (κ1) is 20.3. The zero-order chi connectivity index (χ0) is 22.4. The first-order valence-electron chi connectivity index (χ1n) is 9.37. The number of halogens is 2. The molecule has 0 aliphatic heterocycles. The van der Waals surface area contributed by atoms with Gasteiger partial charge in [0.25, 0.3) is 5.56 Å². The van der Waals surface area contributed by atoms with E-state index >= 15 is 0 Å². The zero-order valence-corrected chi connectivity index (χ0v) is 18.6. The average Bonchev–Trinajstić information content (AvgIpc) is 3.41. The quantitative estimate of drug-likeness (QED) is 0.398. The van der Waals surface area contributed by atoms with Crippen LogP contribution in [-0.4, -0.2) is 22.9 Å². The molecule has 0 saturated carbocycles. The molecule has 0 bridgehead atoms. The fourth-order valence-corrected chi connectivity index (χ4v) is 4.74. The Kier molecular flexibility index (Phi) is 4.96. The van der Waals surface area contributed by atoms with Crippen LogP contribution in [0.5, 0.6) is 0 Å². The lowest BCUT2D eigenvalue weighted by molar-refractivity contribution is 0.618. The summed E-state index contributed by atoms with van der Waals surface area (Å²) in [4.78, 5) is 29.5. The van der Waals surface area contributed by atoms with Crippen molar-refractivity contribution in [3.63, 3.8) is 0 Å². The standard InChI is InChI=1S/C21H12BrFN6O2S/c22-14-8-25-18-19(14)28(10-13-4-2-1-3-12(13)7-24)21(31)29(20(18)30)9-11-5-15(23)17-16(6-11)26-32-27-17/h1-6,8,25H,9-10H2. The Morgan fingerprint density at radius 3 is 2.78 bits per heavy atom. The molecule has 0 unspecified atom stereocenters. The molecule has 0 atom stereocenters. The summed E-state index contributed by atoms with van der Waals surface area (Å²) in [7, 11) is 0. The number of aromatic amines is 1. The van der Waals surface area contributed by atoms with Gasteiger partial charge in [-0.05, 0) is 45.3 Å². The highest BCUT2D eigenvalue weighted by atomic mass is 79.9. The van der Waals surface area contributed by atoms with Gasteiger partial charge in [-0.3, -0.25) is 13.9 Å². The van der Waals surface area contributed by atoms with Crippen LogP contribution in [0.1, 0.15) is 16.7 Å². The maximum absolute atomic E-state index is 14.4. The van der Waals surface area contributed by atoms with Gasteiger partial charge in [0.2, 0.25) is 0 Å². The SMILES string of the molecule is N#Cc1ccccc1Cn1c(=O)n(Cc2cc(F)c3nsnc3c2)c(=O)c2[nH]cc(Br)c21. The number of rotatable bonds is 4. The second kappa shape index (κ2) is 7.81. The van der Waals surface area contributed by atoms with Crippen LogP contribution in [0.25, 0.3) is 22.1 Å². The van der Waals surface area contributed by atoms with Gasteiger partial charge in [-0.1, -0.05) is 18.2 Å². The molecule has 11 heteroatoms. The fraction of sp³-hybridized carbons (Fsp3) is 0.0952. The summed E-state index contributed by atoms with van der Waals surface area (Å²) < 4.78 is 25.3. The summed E-state index contributed by atoms with van der Waals surface area (Å²) in [6, 6.07) is 11.9. The van der Waals surface area contributed by atoms with E-state index in [-0.39, 0.29) is 24.1 Å². The molecule has 158 valence electrons. The van der Waals surface area contributed by atoms with Crippen LogP contribution in [0, 0.1) is 17.1 Å². The van der Waals surface area contributed by atoms with Crippen molar-refractivity contribution in [2.24, 2.45) is 0 Å². The van der Waals surface area contributed by atoms with Gasteiger partial charge in [0.05, 0.1) is 46.4 Å². The minimum absolute atomic E-state index is 0.0825. The van der Waals surface area contributed by atoms with Gasteiger partial charge < -0.3 is 4.98 Å². The molecule has 0 amide bonds. The van der Waals surface area contributed by atoms with Crippen molar-refractivity contribution in [3.05, 3.63) is 90.4 Å². The predicted molar refractivity (Wildman–Crippen MR) is 121 cm³/mol. The maximum atomic E-state index is 14.4. The number of aromatic nitrogens is 5. The molecule has 1 N–H and O–H groups in total. The van der Waals surface area contributed by atoms with Crippen LogP contribution in [0.15, 0.2) is 56.7 Å². The topological polar surface area (TPSA) is 109 Å². The number of benzene rings is 2. The predicted octanol–water partition coefficient (Wildman–Crippen LogP) is 3.37. The summed E-state index contributed by atoms with van der Waals surface area (Å²) in [5.74, 6) is -0.564. The van der Waals surface area contributed by atoms with E-state index < -0.39 is 17.1 Å². The normalized spacial score (nSPS) is 11.3. The molecule has 32 heavy (non-hydrogen) atoms. The number of nitrogens with one attached hydrogen (secondary N) is 1. The molecule has 5 aromatic rings. The summed E-state index contributed by atoms with van der Waals surface area (Å²) in [6.07, 6.45) is 1.58. The van der Waals surface area contributed by atoms with Crippen LogP contribution in [0.3, 0.4) is 0 Å².